The molecule has 2 aromatic heterocycles. The topological polar surface area (TPSA) is 57.4 Å². The van der Waals surface area contributed by atoms with E-state index in [1.54, 1.807) is 24.5 Å². The van der Waals surface area contributed by atoms with Crippen LogP contribution in [0.15, 0.2) is 30.6 Å². The highest BCUT2D eigenvalue weighted by Crippen LogP contribution is 2.20. The third kappa shape index (κ3) is 1.20. The third-order valence-corrected chi connectivity index (χ3v) is 2.24. The first kappa shape index (κ1) is 8.16. The molecule has 0 unspecified atom stereocenters. The van der Waals surface area contributed by atoms with Gasteiger partial charge in [0.1, 0.15) is 11.3 Å². The summed E-state index contributed by atoms with van der Waals surface area (Å²) in [6.45, 7) is 0. The fourth-order valence-electron chi connectivity index (χ4n) is 1.51. The minimum atomic E-state index is -0.321. The largest absolute Gasteiger partial charge is 0.338 e. The van der Waals surface area contributed by atoms with Crippen molar-refractivity contribution >= 4 is 11.0 Å². The summed E-state index contributed by atoms with van der Waals surface area (Å²) in [5, 5.41) is 6.50. The van der Waals surface area contributed by atoms with Crippen LogP contribution in [0.1, 0.15) is 0 Å². The third-order valence-electron chi connectivity index (χ3n) is 2.24. The summed E-state index contributed by atoms with van der Waals surface area (Å²) in [5.74, 6) is 0.294. The van der Waals surface area contributed by atoms with Crippen LogP contribution < -0.4 is 0 Å². The number of H-pyrrole nitrogens is 2. The first-order valence-corrected chi connectivity index (χ1v) is 4.48. The molecule has 15 heavy (non-hydrogen) atoms. The normalized spacial score (nSPS) is 11.0. The highest BCUT2D eigenvalue weighted by atomic mass is 19.1. The van der Waals surface area contributed by atoms with Gasteiger partial charge in [-0.05, 0) is 12.1 Å². The first-order chi connectivity index (χ1) is 7.34. The number of hydrogen-bond acceptors (Lipinski definition) is 2. The minimum absolute atomic E-state index is 0.321. The van der Waals surface area contributed by atoms with Crippen molar-refractivity contribution in [1.82, 2.24) is 20.2 Å². The number of aromatic nitrogens is 4. The smallest absolute Gasteiger partial charge is 0.151 e. The molecule has 0 atom stereocenters. The van der Waals surface area contributed by atoms with Gasteiger partial charge in [0.05, 0.1) is 17.3 Å². The van der Waals surface area contributed by atoms with E-state index in [0.29, 0.717) is 16.9 Å². The van der Waals surface area contributed by atoms with Crippen LogP contribution >= 0.6 is 0 Å². The summed E-state index contributed by atoms with van der Waals surface area (Å²) in [7, 11) is 0. The Hall–Kier alpha value is -2.17. The molecular weight excluding hydrogens is 195 g/mol. The van der Waals surface area contributed by atoms with Crippen LogP contribution in [0.4, 0.5) is 4.39 Å². The molecule has 1 aromatic carbocycles. The van der Waals surface area contributed by atoms with Crippen LogP contribution in [-0.2, 0) is 0 Å². The summed E-state index contributed by atoms with van der Waals surface area (Å²) in [4.78, 5) is 7.19. The Bertz CT molecular complexity index is 597. The van der Waals surface area contributed by atoms with Crippen LogP contribution in [-0.4, -0.2) is 20.2 Å². The second kappa shape index (κ2) is 2.91. The number of aromatic amines is 2. The van der Waals surface area contributed by atoms with Crippen molar-refractivity contribution < 1.29 is 4.39 Å². The molecule has 0 fully saturated rings. The zero-order chi connectivity index (χ0) is 10.3. The zero-order valence-electron chi connectivity index (χ0n) is 7.66. The lowest BCUT2D eigenvalue weighted by Crippen LogP contribution is -1.76. The predicted octanol–water partition coefficient (Wildman–Crippen LogP) is 2.09. The summed E-state index contributed by atoms with van der Waals surface area (Å²) in [6.07, 6.45) is 3.34. The monoisotopic (exact) mass is 202 g/mol. The standard InChI is InChI=1S/C10H7FN4/c11-7-2-1-3-8-9(7)15-10(14-8)6-4-12-13-5-6/h1-5H,(H,12,13)(H,14,15). The number of nitrogens with one attached hydrogen (secondary N) is 2. The maximum absolute atomic E-state index is 13.3. The van der Waals surface area contributed by atoms with Gasteiger partial charge in [0.15, 0.2) is 5.82 Å². The van der Waals surface area contributed by atoms with E-state index in [0.717, 1.165) is 5.56 Å². The maximum Gasteiger partial charge on any atom is 0.151 e. The van der Waals surface area contributed by atoms with Gasteiger partial charge in [0, 0.05) is 6.20 Å². The van der Waals surface area contributed by atoms with Crippen molar-refractivity contribution in [2.45, 2.75) is 0 Å². The van der Waals surface area contributed by atoms with Crippen molar-refractivity contribution in [3.63, 3.8) is 0 Å². The lowest BCUT2D eigenvalue weighted by molar-refractivity contribution is 0.637. The van der Waals surface area contributed by atoms with Gasteiger partial charge in [0.2, 0.25) is 0 Å². The molecule has 74 valence electrons. The molecule has 0 aliphatic rings. The van der Waals surface area contributed by atoms with Gasteiger partial charge in [-0.3, -0.25) is 5.10 Å². The molecule has 2 N–H and O–H groups in total. The average molecular weight is 202 g/mol. The molecule has 5 heteroatoms. The summed E-state index contributed by atoms with van der Waals surface area (Å²) in [6, 6.07) is 4.83. The number of nitrogens with zero attached hydrogens (tertiary/aromatic N) is 2. The molecule has 0 radical (unpaired) electrons. The molecule has 0 bridgehead atoms. The molecule has 2 heterocycles. The molecule has 0 amide bonds. The van der Waals surface area contributed by atoms with Crippen molar-refractivity contribution in [2.24, 2.45) is 0 Å². The Morgan fingerprint density at radius 3 is 2.93 bits per heavy atom. The van der Waals surface area contributed by atoms with Crippen molar-refractivity contribution in [3.05, 3.63) is 36.4 Å². The van der Waals surface area contributed by atoms with Crippen molar-refractivity contribution in [2.75, 3.05) is 0 Å². The summed E-state index contributed by atoms with van der Waals surface area (Å²) >= 11 is 0. The quantitative estimate of drug-likeness (QED) is 0.634. The van der Waals surface area contributed by atoms with Crippen molar-refractivity contribution in [3.8, 4) is 11.4 Å². The Morgan fingerprint density at radius 2 is 2.20 bits per heavy atom. The zero-order valence-corrected chi connectivity index (χ0v) is 7.66. The molecule has 4 nitrogen and oxygen atoms in total. The highest BCUT2D eigenvalue weighted by molar-refractivity contribution is 5.79. The lowest BCUT2D eigenvalue weighted by Gasteiger charge is -1.86. The summed E-state index contributed by atoms with van der Waals surface area (Å²) < 4.78 is 13.3. The highest BCUT2D eigenvalue weighted by Gasteiger charge is 2.08. The fourth-order valence-corrected chi connectivity index (χ4v) is 1.51. The Kier molecular flexibility index (Phi) is 1.58. The molecule has 0 spiro atoms. The second-order valence-corrected chi connectivity index (χ2v) is 3.21. The van der Waals surface area contributed by atoms with E-state index in [1.165, 1.54) is 6.07 Å². The Balaban J connectivity index is 2.27. The fraction of sp³-hybridized carbons (Fsp3) is 0. The Morgan fingerprint density at radius 1 is 1.27 bits per heavy atom. The second-order valence-electron chi connectivity index (χ2n) is 3.21. The summed E-state index contributed by atoms with van der Waals surface area (Å²) in [5.41, 5.74) is 1.85. The molecule has 0 saturated heterocycles. The minimum Gasteiger partial charge on any atom is -0.338 e. The number of imidazole rings is 1. The van der Waals surface area contributed by atoms with E-state index < -0.39 is 0 Å². The SMILES string of the molecule is Fc1cccc2[nH]c(-c3cn[nH]c3)nc12. The number of fused-ring (bicyclic) bond motifs is 1. The van der Waals surface area contributed by atoms with Gasteiger partial charge in [-0.15, -0.1) is 0 Å². The van der Waals surface area contributed by atoms with Gasteiger partial charge >= 0.3 is 0 Å². The van der Waals surface area contributed by atoms with Gasteiger partial charge in [-0.1, -0.05) is 6.07 Å². The molecule has 0 aliphatic heterocycles. The maximum atomic E-state index is 13.3. The van der Waals surface area contributed by atoms with E-state index in [2.05, 4.69) is 20.2 Å². The number of rotatable bonds is 1. The number of halogens is 1. The molecule has 3 aromatic rings. The van der Waals surface area contributed by atoms with Gasteiger partial charge in [-0.25, -0.2) is 9.37 Å². The predicted molar refractivity (Wildman–Crippen MR) is 53.6 cm³/mol. The van der Waals surface area contributed by atoms with Gasteiger partial charge in [-0.2, -0.15) is 5.10 Å². The average Bonchev–Trinajstić information content (AvgIpc) is 2.86. The first-order valence-electron chi connectivity index (χ1n) is 4.48. The van der Waals surface area contributed by atoms with E-state index in [4.69, 9.17) is 0 Å². The van der Waals surface area contributed by atoms with Crippen LogP contribution in [0.25, 0.3) is 22.4 Å². The van der Waals surface area contributed by atoms with E-state index in [1.807, 2.05) is 0 Å². The molecule has 0 aliphatic carbocycles. The van der Waals surface area contributed by atoms with Crippen LogP contribution in [0.2, 0.25) is 0 Å². The van der Waals surface area contributed by atoms with Crippen LogP contribution in [0, 0.1) is 5.82 Å². The molecular formula is C10H7FN4. The lowest BCUT2D eigenvalue weighted by atomic mass is 10.3. The van der Waals surface area contributed by atoms with E-state index in [9.17, 15) is 4.39 Å². The van der Waals surface area contributed by atoms with E-state index >= 15 is 0 Å². The number of para-hydroxylation sites is 1. The molecule has 3 rings (SSSR count). The molecule has 0 saturated carbocycles. The number of benzene rings is 1. The van der Waals surface area contributed by atoms with Gasteiger partial charge in [0.25, 0.3) is 0 Å². The van der Waals surface area contributed by atoms with Crippen molar-refractivity contribution in [1.29, 1.82) is 0 Å². The number of hydrogen-bond donors (Lipinski definition) is 2. The van der Waals surface area contributed by atoms with Crippen LogP contribution in [0.3, 0.4) is 0 Å². The Labute approximate surface area is 84.2 Å². The van der Waals surface area contributed by atoms with Crippen LogP contribution in [0.5, 0.6) is 0 Å². The van der Waals surface area contributed by atoms with Gasteiger partial charge < -0.3 is 4.98 Å². The van der Waals surface area contributed by atoms with E-state index in [-0.39, 0.29) is 5.82 Å².